The number of aryl methyl sites for hydroxylation is 1. The average molecular weight is 311 g/mol. The number of halogens is 1. The Hall–Kier alpha value is -1.13. The molecule has 2 unspecified atom stereocenters. The summed E-state index contributed by atoms with van der Waals surface area (Å²) in [7, 11) is 0. The highest BCUT2D eigenvalue weighted by Crippen LogP contribution is 2.19. The Morgan fingerprint density at radius 1 is 1.38 bits per heavy atom. The van der Waals surface area contributed by atoms with E-state index in [9.17, 15) is 9.90 Å². The van der Waals surface area contributed by atoms with Crippen LogP contribution in [0.4, 0.5) is 0 Å². The molecule has 1 saturated carbocycles. The largest absolute Gasteiger partial charge is 0.391 e. The first-order chi connectivity index (χ1) is 10.1. The summed E-state index contributed by atoms with van der Waals surface area (Å²) in [5, 5.41) is 13.4. The van der Waals surface area contributed by atoms with Crippen molar-refractivity contribution in [3.8, 4) is 0 Å². The first-order valence-corrected chi connectivity index (χ1v) is 8.13. The molecule has 0 aromatic carbocycles. The van der Waals surface area contributed by atoms with Gasteiger partial charge in [0.25, 0.3) is 5.91 Å². The van der Waals surface area contributed by atoms with E-state index in [1.54, 1.807) is 12.1 Å². The third kappa shape index (κ3) is 4.68. The predicted molar refractivity (Wildman–Crippen MR) is 83.6 cm³/mol. The van der Waals surface area contributed by atoms with Crippen molar-refractivity contribution in [2.24, 2.45) is 0 Å². The van der Waals surface area contributed by atoms with E-state index < -0.39 is 6.10 Å². The number of rotatable bonds is 4. The number of aliphatic hydroxyl groups excluding tert-OH is 1. The first kappa shape index (κ1) is 16.2. The van der Waals surface area contributed by atoms with E-state index in [2.05, 4.69) is 17.2 Å². The van der Waals surface area contributed by atoms with Crippen LogP contribution in [0.25, 0.3) is 0 Å². The van der Waals surface area contributed by atoms with Gasteiger partial charge in [-0.2, -0.15) is 0 Å². The monoisotopic (exact) mass is 310 g/mol. The minimum atomic E-state index is -0.455. The number of aromatic nitrogens is 1. The molecule has 21 heavy (non-hydrogen) atoms. The molecular weight excluding hydrogens is 288 g/mol. The maximum Gasteiger partial charge on any atom is 0.251 e. The van der Waals surface area contributed by atoms with E-state index >= 15 is 0 Å². The normalized spacial score (nSPS) is 22.6. The van der Waals surface area contributed by atoms with Crippen molar-refractivity contribution in [1.29, 1.82) is 0 Å². The topological polar surface area (TPSA) is 62.2 Å². The van der Waals surface area contributed by atoms with E-state index in [4.69, 9.17) is 11.6 Å². The summed E-state index contributed by atoms with van der Waals surface area (Å²) >= 11 is 5.99. The highest BCUT2D eigenvalue weighted by atomic mass is 35.5. The molecule has 0 radical (unpaired) electrons. The van der Waals surface area contributed by atoms with E-state index in [-0.39, 0.29) is 11.9 Å². The Morgan fingerprint density at radius 3 is 2.90 bits per heavy atom. The van der Waals surface area contributed by atoms with E-state index in [1.165, 1.54) is 0 Å². The molecule has 1 fully saturated rings. The van der Waals surface area contributed by atoms with Crippen LogP contribution in [-0.2, 0) is 6.42 Å². The number of nitrogens with one attached hydrogen (secondary N) is 1. The van der Waals surface area contributed by atoms with Crippen LogP contribution >= 0.6 is 11.6 Å². The second-order valence-electron chi connectivity index (χ2n) is 5.71. The molecule has 0 spiro atoms. The average Bonchev–Trinajstić information content (AvgIpc) is 2.64. The van der Waals surface area contributed by atoms with Crippen molar-refractivity contribution in [2.45, 2.75) is 64.0 Å². The molecule has 2 N–H and O–H groups in total. The molecule has 0 saturated heterocycles. The van der Waals surface area contributed by atoms with Crippen LogP contribution in [0.1, 0.15) is 61.5 Å². The minimum absolute atomic E-state index is 0.165. The molecule has 116 valence electrons. The van der Waals surface area contributed by atoms with Gasteiger partial charge in [0, 0.05) is 11.3 Å². The van der Waals surface area contributed by atoms with Gasteiger partial charge in [-0.3, -0.25) is 4.79 Å². The van der Waals surface area contributed by atoms with Crippen LogP contribution in [0, 0.1) is 0 Å². The zero-order chi connectivity index (χ0) is 15.2. The number of amides is 1. The van der Waals surface area contributed by atoms with Gasteiger partial charge in [0.2, 0.25) is 0 Å². The Kier molecular flexibility index (Phi) is 6.00. The molecule has 2 rings (SSSR count). The number of nitrogens with zero attached hydrogens (tertiary/aromatic N) is 1. The Bertz CT molecular complexity index is 493. The molecule has 0 aliphatic heterocycles. The van der Waals surface area contributed by atoms with E-state index in [0.29, 0.717) is 10.7 Å². The second-order valence-corrected chi connectivity index (χ2v) is 6.09. The maximum absolute atomic E-state index is 12.4. The summed E-state index contributed by atoms with van der Waals surface area (Å²) in [6, 6.07) is 3.20. The van der Waals surface area contributed by atoms with Crippen molar-refractivity contribution in [2.75, 3.05) is 0 Å². The fourth-order valence-corrected chi connectivity index (χ4v) is 3.00. The zero-order valence-corrected chi connectivity index (χ0v) is 13.2. The van der Waals surface area contributed by atoms with Crippen LogP contribution in [-0.4, -0.2) is 28.1 Å². The van der Waals surface area contributed by atoms with Gasteiger partial charge in [-0.1, -0.05) is 44.2 Å². The molecule has 1 aromatic heterocycles. The molecule has 1 heterocycles. The molecule has 4 nitrogen and oxygen atoms in total. The number of hydrogen-bond acceptors (Lipinski definition) is 3. The summed E-state index contributed by atoms with van der Waals surface area (Å²) < 4.78 is 0. The van der Waals surface area contributed by atoms with Gasteiger partial charge in [-0.25, -0.2) is 4.98 Å². The fraction of sp³-hybridized carbons (Fsp3) is 0.625. The van der Waals surface area contributed by atoms with Gasteiger partial charge in [0.05, 0.1) is 12.1 Å². The van der Waals surface area contributed by atoms with Crippen LogP contribution in [0.2, 0.25) is 5.15 Å². The maximum atomic E-state index is 12.4. The number of aliphatic hydroxyl groups is 1. The lowest BCUT2D eigenvalue weighted by molar-refractivity contribution is 0.0818. The number of hydrogen-bond donors (Lipinski definition) is 2. The number of carbonyl (C=O) groups is 1. The molecule has 2 atom stereocenters. The summed E-state index contributed by atoms with van der Waals surface area (Å²) in [5.74, 6) is -0.178. The van der Waals surface area contributed by atoms with Crippen molar-refractivity contribution in [1.82, 2.24) is 10.3 Å². The van der Waals surface area contributed by atoms with Gasteiger partial charge in [-0.05, 0) is 31.4 Å². The second kappa shape index (κ2) is 7.76. The first-order valence-electron chi connectivity index (χ1n) is 7.75. The Balaban J connectivity index is 2.08. The summed E-state index contributed by atoms with van der Waals surface area (Å²) in [4.78, 5) is 16.6. The molecule has 1 aromatic rings. The zero-order valence-electron chi connectivity index (χ0n) is 12.4. The third-order valence-corrected chi connectivity index (χ3v) is 4.11. The lowest BCUT2D eigenvalue weighted by Gasteiger charge is -2.21. The quantitative estimate of drug-likeness (QED) is 0.663. The van der Waals surface area contributed by atoms with Gasteiger partial charge in [0.15, 0.2) is 0 Å². The van der Waals surface area contributed by atoms with Crippen LogP contribution in [0.5, 0.6) is 0 Å². The molecule has 5 heteroatoms. The Morgan fingerprint density at radius 2 is 2.14 bits per heavy atom. The number of carbonyl (C=O) groups excluding carboxylic acids is 1. The van der Waals surface area contributed by atoms with Crippen molar-refractivity contribution >= 4 is 17.5 Å². The summed E-state index contributed by atoms with van der Waals surface area (Å²) in [6.45, 7) is 2.06. The lowest BCUT2D eigenvalue weighted by atomic mass is 10.1. The SMILES string of the molecule is CCCc1cc(C(=O)NC2CCCCCC2O)cc(Cl)n1. The highest BCUT2D eigenvalue weighted by Gasteiger charge is 2.23. The van der Waals surface area contributed by atoms with Gasteiger partial charge < -0.3 is 10.4 Å². The van der Waals surface area contributed by atoms with Crippen LogP contribution < -0.4 is 5.32 Å². The summed E-state index contributed by atoms with van der Waals surface area (Å²) in [6.07, 6.45) is 6.06. The van der Waals surface area contributed by atoms with Gasteiger partial charge in [-0.15, -0.1) is 0 Å². The van der Waals surface area contributed by atoms with Gasteiger partial charge >= 0.3 is 0 Å². The fourth-order valence-electron chi connectivity index (χ4n) is 2.77. The molecule has 1 amide bonds. The molecule has 1 aliphatic rings. The van der Waals surface area contributed by atoms with E-state index in [1.807, 2.05) is 0 Å². The smallest absolute Gasteiger partial charge is 0.251 e. The molecular formula is C16H23ClN2O2. The third-order valence-electron chi connectivity index (χ3n) is 3.91. The van der Waals surface area contributed by atoms with E-state index in [0.717, 1.165) is 50.6 Å². The molecule has 0 bridgehead atoms. The van der Waals surface area contributed by atoms with Gasteiger partial charge in [0.1, 0.15) is 5.15 Å². The van der Waals surface area contributed by atoms with Crippen molar-refractivity contribution in [3.63, 3.8) is 0 Å². The standard InChI is InChI=1S/C16H23ClN2O2/c1-2-6-12-9-11(10-15(17)18-12)16(21)19-13-7-4-3-5-8-14(13)20/h9-10,13-14,20H,2-8H2,1H3,(H,19,21). The van der Waals surface area contributed by atoms with Crippen LogP contribution in [0.3, 0.4) is 0 Å². The number of pyridine rings is 1. The van der Waals surface area contributed by atoms with Crippen molar-refractivity contribution < 1.29 is 9.90 Å². The minimum Gasteiger partial charge on any atom is -0.391 e. The summed E-state index contributed by atoms with van der Waals surface area (Å²) in [5.41, 5.74) is 1.35. The van der Waals surface area contributed by atoms with Crippen LogP contribution in [0.15, 0.2) is 12.1 Å². The predicted octanol–water partition coefficient (Wildman–Crippen LogP) is 3.11. The lowest BCUT2D eigenvalue weighted by Crippen LogP contribution is -2.42. The highest BCUT2D eigenvalue weighted by molar-refractivity contribution is 6.29. The van der Waals surface area contributed by atoms with Crippen molar-refractivity contribution in [3.05, 3.63) is 28.5 Å². The molecule has 1 aliphatic carbocycles. The Labute approximate surface area is 130 Å².